The molecule has 111 heavy (non-hydrogen) atoms. The van der Waals surface area contributed by atoms with Gasteiger partial charge >= 0.3 is 0 Å². The molecule has 0 atom stereocenters. The lowest BCUT2D eigenvalue weighted by Crippen LogP contribution is -2.05. The zero-order valence-corrected chi connectivity index (χ0v) is 59.4. The number of nitriles is 6. The van der Waals surface area contributed by atoms with E-state index in [2.05, 4.69) is 232 Å². The molecule has 0 bridgehead atoms. The van der Waals surface area contributed by atoms with Gasteiger partial charge in [-0.05, 0) is 158 Å². The van der Waals surface area contributed by atoms with E-state index in [1.807, 2.05) is 146 Å². The quantitative estimate of drug-likeness (QED) is 0.118. The van der Waals surface area contributed by atoms with Crippen molar-refractivity contribution in [1.29, 1.82) is 31.6 Å². The molecular formula is C102H57N9. The Labute approximate surface area is 639 Å². The van der Waals surface area contributed by atoms with Gasteiger partial charge in [0.2, 0.25) is 0 Å². The van der Waals surface area contributed by atoms with Crippen molar-refractivity contribution in [2.45, 2.75) is 0 Å². The summed E-state index contributed by atoms with van der Waals surface area (Å²) in [5, 5.41) is 78.0. The van der Waals surface area contributed by atoms with E-state index in [0.717, 1.165) is 132 Å². The standard InChI is InChI=1S/C102H57N9/c103-58-73-43-49-94(109-91-46-40-70(64-22-7-1-8-23-64)55-85(91)82-37-19-34-79(100(82)109)67-28-13-4-14-29-67)88(61-106)97(73)76-52-77(98-74(59-104)44-50-95(89(98)62-107)110-92-47-41-71(65-24-9-2-10-25-65)56-86(92)83-38-20-35-80(101(83)110)68-30-15-5-16-31-68)54-78(53-76)99-75(60-105)45-51-96(90(99)63-108)111-93-48-42-72(66-26-11-3-12-27-66)57-87(93)84-39-21-36-81(102(84)111)69-32-17-6-18-33-69/h1-57H. The SMILES string of the molecule is N#Cc1ccc(-n2c3ccc(-c4ccccc4)cc3c3cccc(-c4ccccc4)c32)c(C#N)c1-c1cc(-c2c(C#N)ccc(-n3c4ccc(-c5ccccc5)cc4c4cccc(-c5ccccc5)c43)c2C#N)cc(-c2c(C#N)ccc(-n3c4ccc(-c5ccccc5)cc4c4cccc(-c5ccccc5)c43)c2C#N)c1. The molecule has 19 aromatic rings. The van der Waals surface area contributed by atoms with Gasteiger partial charge < -0.3 is 13.7 Å². The third-order valence-electron chi connectivity index (χ3n) is 21.7. The first-order valence-corrected chi connectivity index (χ1v) is 36.5. The largest absolute Gasteiger partial charge is 0.307 e. The number of hydrogen-bond donors (Lipinski definition) is 0. The summed E-state index contributed by atoms with van der Waals surface area (Å²) in [5.74, 6) is 0. The van der Waals surface area contributed by atoms with Crippen LogP contribution in [0.2, 0.25) is 0 Å². The highest BCUT2D eigenvalue weighted by Crippen LogP contribution is 2.49. The van der Waals surface area contributed by atoms with Crippen LogP contribution in [0.25, 0.3) is 183 Å². The molecule has 0 N–H and O–H groups in total. The summed E-state index contributed by atoms with van der Waals surface area (Å²) in [6.45, 7) is 0. The summed E-state index contributed by atoms with van der Waals surface area (Å²) in [6.07, 6.45) is 0. The van der Waals surface area contributed by atoms with E-state index in [9.17, 15) is 31.6 Å². The first-order chi connectivity index (χ1) is 54.8. The van der Waals surface area contributed by atoms with Crippen molar-refractivity contribution in [3.63, 3.8) is 0 Å². The van der Waals surface area contributed by atoms with Crippen molar-refractivity contribution in [3.05, 3.63) is 379 Å². The molecule has 0 saturated carbocycles. The van der Waals surface area contributed by atoms with Crippen LogP contribution in [-0.4, -0.2) is 13.7 Å². The summed E-state index contributed by atoms with van der Waals surface area (Å²) in [5.41, 5.74) is 20.8. The number of para-hydroxylation sites is 3. The predicted molar refractivity (Wildman–Crippen MR) is 447 cm³/mol. The maximum Gasteiger partial charge on any atom is 0.102 e. The van der Waals surface area contributed by atoms with E-state index in [0.29, 0.717) is 33.8 Å². The van der Waals surface area contributed by atoms with Gasteiger partial charge in [-0.25, -0.2) is 0 Å². The highest BCUT2D eigenvalue weighted by atomic mass is 15.0. The second kappa shape index (κ2) is 27.1. The maximum absolute atomic E-state index is 12.4. The topological polar surface area (TPSA) is 158 Å². The monoisotopic (exact) mass is 1410 g/mol. The van der Waals surface area contributed by atoms with Gasteiger partial charge in [0, 0.05) is 65.7 Å². The van der Waals surface area contributed by atoms with Crippen LogP contribution in [0.5, 0.6) is 0 Å². The number of nitrogens with zero attached hydrogens (tertiary/aromatic N) is 9. The third-order valence-corrected chi connectivity index (χ3v) is 21.7. The minimum Gasteiger partial charge on any atom is -0.307 e. The normalized spacial score (nSPS) is 11.2. The van der Waals surface area contributed by atoms with Crippen molar-refractivity contribution < 1.29 is 0 Å². The van der Waals surface area contributed by atoms with Crippen molar-refractivity contribution in [1.82, 2.24) is 13.7 Å². The first kappa shape index (κ1) is 65.6. The lowest BCUT2D eigenvalue weighted by Gasteiger charge is -2.21. The second-order valence-corrected chi connectivity index (χ2v) is 27.6. The first-order valence-electron chi connectivity index (χ1n) is 36.5. The van der Waals surface area contributed by atoms with Gasteiger partial charge in [-0.15, -0.1) is 0 Å². The zero-order valence-electron chi connectivity index (χ0n) is 59.4. The van der Waals surface area contributed by atoms with Crippen LogP contribution in [0.15, 0.2) is 346 Å². The fraction of sp³-hybridized carbons (Fsp3) is 0. The molecule has 0 saturated heterocycles. The Bertz CT molecular complexity index is 6640. The molecule has 3 heterocycles. The lowest BCUT2D eigenvalue weighted by molar-refractivity contribution is 1.16. The zero-order chi connectivity index (χ0) is 74.8. The summed E-state index contributed by atoms with van der Waals surface area (Å²) in [7, 11) is 0. The maximum atomic E-state index is 12.4. The molecule has 0 unspecified atom stereocenters. The van der Waals surface area contributed by atoms with Crippen LogP contribution in [0.4, 0.5) is 0 Å². The lowest BCUT2D eigenvalue weighted by atomic mass is 9.84. The molecule has 19 rings (SSSR count). The van der Waals surface area contributed by atoms with Crippen LogP contribution < -0.4 is 0 Å². The van der Waals surface area contributed by atoms with Crippen LogP contribution in [0.3, 0.4) is 0 Å². The van der Waals surface area contributed by atoms with Crippen LogP contribution >= 0.6 is 0 Å². The van der Waals surface area contributed by atoms with Crippen molar-refractivity contribution >= 4 is 65.4 Å². The van der Waals surface area contributed by atoms with Crippen LogP contribution in [0, 0.1) is 68.0 Å². The Morgan fingerprint density at radius 1 is 0.180 bits per heavy atom. The van der Waals surface area contributed by atoms with Gasteiger partial charge in [0.05, 0.1) is 102 Å². The Hall–Kier alpha value is -16.1. The average molecular weight is 1410 g/mol. The second-order valence-electron chi connectivity index (χ2n) is 27.6. The highest BCUT2D eigenvalue weighted by molar-refractivity contribution is 6.18. The highest BCUT2D eigenvalue weighted by Gasteiger charge is 2.30. The van der Waals surface area contributed by atoms with Crippen molar-refractivity contribution in [3.8, 4) is 154 Å². The van der Waals surface area contributed by atoms with Gasteiger partial charge in [-0.1, -0.05) is 255 Å². The Morgan fingerprint density at radius 3 is 0.676 bits per heavy atom. The summed E-state index contributed by atoms with van der Waals surface area (Å²) < 4.78 is 6.38. The van der Waals surface area contributed by atoms with Crippen molar-refractivity contribution in [2.75, 3.05) is 0 Å². The Kier molecular flexibility index (Phi) is 16.0. The fourth-order valence-electron chi connectivity index (χ4n) is 16.9. The molecule has 510 valence electrons. The number of rotatable bonds is 12. The van der Waals surface area contributed by atoms with Crippen molar-refractivity contribution in [2.24, 2.45) is 0 Å². The molecule has 0 amide bonds. The Morgan fingerprint density at radius 2 is 0.432 bits per heavy atom. The summed E-state index contributed by atoms with van der Waals surface area (Å²) in [4.78, 5) is 0. The van der Waals surface area contributed by atoms with Crippen LogP contribution in [-0.2, 0) is 0 Å². The molecule has 3 aromatic heterocycles. The van der Waals surface area contributed by atoms with E-state index in [-0.39, 0.29) is 50.1 Å². The molecule has 9 heteroatoms. The third kappa shape index (κ3) is 10.7. The van der Waals surface area contributed by atoms with Gasteiger partial charge in [0.1, 0.15) is 18.2 Å². The molecule has 0 aliphatic heterocycles. The summed E-state index contributed by atoms with van der Waals surface area (Å²) in [6, 6.07) is 131. The average Bonchev–Trinajstić information content (AvgIpc) is 1.61. The van der Waals surface area contributed by atoms with E-state index >= 15 is 0 Å². The molecule has 0 radical (unpaired) electrons. The number of benzene rings is 16. The minimum absolute atomic E-state index is 0.151. The number of fused-ring (bicyclic) bond motifs is 9. The van der Waals surface area contributed by atoms with Gasteiger partial charge in [0.15, 0.2) is 0 Å². The smallest absolute Gasteiger partial charge is 0.102 e. The van der Waals surface area contributed by atoms with Gasteiger partial charge in [-0.3, -0.25) is 0 Å². The summed E-state index contributed by atoms with van der Waals surface area (Å²) >= 11 is 0. The molecule has 0 fully saturated rings. The minimum atomic E-state index is 0.151. The molecule has 0 spiro atoms. The fourth-order valence-corrected chi connectivity index (χ4v) is 16.9. The van der Waals surface area contributed by atoms with E-state index < -0.39 is 0 Å². The van der Waals surface area contributed by atoms with E-state index in [1.54, 1.807) is 18.2 Å². The molecule has 16 aromatic carbocycles. The molecule has 0 aliphatic carbocycles. The molecular weight excluding hydrogens is 1350 g/mol. The molecule has 9 nitrogen and oxygen atoms in total. The Balaban J connectivity index is 0.925. The van der Waals surface area contributed by atoms with Crippen LogP contribution in [0.1, 0.15) is 33.4 Å². The van der Waals surface area contributed by atoms with E-state index in [1.165, 1.54) is 0 Å². The molecule has 0 aliphatic rings. The van der Waals surface area contributed by atoms with E-state index in [4.69, 9.17) is 0 Å². The number of hydrogen-bond acceptors (Lipinski definition) is 6. The van der Waals surface area contributed by atoms with Gasteiger partial charge in [-0.2, -0.15) is 31.6 Å². The van der Waals surface area contributed by atoms with Gasteiger partial charge in [0.25, 0.3) is 0 Å². The predicted octanol–water partition coefficient (Wildman–Crippen LogP) is 25.2. The number of aromatic nitrogens is 3.